The van der Waals surface area contributed by atoms with E-state index in [1.165, 1.54) is 10.3 Å². The summed E-state index contributed by atoms with van der Waals surface area (Å²) in [7, 11) is 0. The summed E-state index contributed by atoms with van der Waals surface area (Å²) in [5.74, 6) is -3.86. The Bertz CT molecular complexity index is 936. The maximum Gasteiger partial charge on any atom is 0.404 e. The van der Waals surface area contributed by atoms with Crippen molar-refractivity contribution in [3.63, 3.8) is 0 Å². The third-order valence-electron chi connectivity index (χ3n) is 4.50. The predicted octanol–water partition coefficient (Wildman–Crippen LogP) is -1.54. The Morgan fingerprint density at radius 3 is 2.80 bits per heavy atom. The molecule has 2 fully saturated rings. The summed E-state index contributed by atoms with van der Waals surface area (Å²) in [6.07, 6.45) is -0.754. The van der Waals surface area contributed by atoms with Gasteiger partial charge in [0.15, 0.2) is 5.13 Å². The number of anilines is 1. The van der Waals surface area contributed by atoms with E-state index in [2.05, 4.69) is 20.4 Å². The number of carbonyl (C=O) groups is 6. The summed E-state index contributed by atoms with van der Waals surface area (Å²) < 4.78 is 4.64. The van der Waals surface area contributed by atoms with Gasteiger partial charge in [-0.3, -0.25) is 24.0 Å². The van der Waals surface area contributed by atoms with Gasteiger partial charge in [0.2, 0.25) is 12.3 Å². The highest BCUT2D eigenvalue weighted by atomic mass is 32.2. The number of carboxylic acid groups (broad SMARTS) is 1. The van der Waals surface area contributed by atoms with E-state index in [9.17, 15) is 33.9 Å². The topological polar surface area (TPSA) is 198 Å². The molecule has 2 aliphatic rings. The molecule has 0 aliphatic carbocycles. The highest BCUT2D eigenvalue weighted by Gasteiger charge is 2.58. The van der Waals surface area contributed by atoms with E-state index in [4.69, 9.17) is 5.73 Å². The molecule has 0 radical (unpaired) electrons. The number of β-lactam (4-membered cyclic amide) rings is 1. The van der Waals surface area contributed by atoms with Crippen LogP contribution in [0.15, 0.2) is 5.38 Å². The minimum atomic E-state index is -1.53. The van der Waals surface area contributed by atoms with Gasteiger partial charge in [-0.05, 0) is 0 Å². The second-order valence-corrected chi connectivity index (χ2v) is 8.40. The maximum absolute atomic E-state index is 12.4. The van der Waals surface area contributed by atoms with Gasteiger partial charge in [0.1, 0.15) is 29.1 Å². The molecule has 3 heterocycles. The van der Waals surface area contributed by atoms with Crippen LogP contribution in [0, 0.1) is 5.41 Å². The lowest BCUT2D eigenvalue weighted by Gasteiger charge is -2.53. The Labute approximate surface area is 176 Å². The van der Waals surface area contributed by atoms with Crippen LogP contribution in [0.5, 0.6) is 0 Å². The van der Waals surface area contributed by atoms with Gasteiger partial charge in [0, 0.05) is 17.7 Å². The maximum atomic E-state index is 12.4. The van der Waals surface area contributed by atoms with Crippen molar-refractivity contribution in [2.45, 2.75) is 11.4 Å². The van der Waals surface area contributed by atoms with Crippen LogP contribution in [0.25, 0.3) is 0 Å². The zero-order chi connectivity index (χ0) is 22.1. The SMILES string of the molecule is NC(=O)OCC1(C(=O)O)CS[C@@H]2C(NC(=O)C(=O)c3csc(NC=O)n3)C(=O)N2C1. The Balaban J connectivity index is 1.63. The molecule has 0 saturated carbocycles. The lowest BCUT2D eigenvalue weighted by molar-refractivity contribution is -0.160. The van der Waals surface area contributed by atoms with Gasteiger partial charge >= 0.3 is 12.1 Å². The third kappa shape index (κ3) is 3.93. The number of nitrogens with zero attached hydrogens (tertiary/aromatic N) is 2. The lowest BCUT2D eigenvalue weighted by Crippen LogP contribution is -2.74. The van der Waals surface area contributed by atoms with Crippen LogP contribution in [0.1, 0.15) is 10.5 Å². The summed E-state index contributed by atoms with van der Waals surface area (Å²) in [6.45, 7) is -0.739. The molecule has 5 N–H and O–H groups in total. The summed E-state index contributed by atoms with van der Waals surface area (Å²) in [4.78, 5) is 74.8. The average molecular weight is 457 g/mol. The van der Waals surface area contributed by atoms with E-state index in [1.54, 1.807) is 0 Å². The number of thioether (sulfide) groups is 1. The molecule has 3 atom stereocenters. The number of Topliss-reactive ketones (excluding diaryl/α,β-unsaturated/α-hetero) is 1. The summed E-state index contributed by atoms with van der Waals surface area (Å²) in [5.41, 5.74) is 3.18. The molecule has 0 spiro atoms. The summed E-state index contributed by atoms with van der Waals surface area (Å²) >= 11 is 2.03. The second-order valence-electron chi connectivity index (χ2n) is 6.44. The molecular formula is C15H15N5O8S2. The van der Waals surface area contributed by atoms with E-state index in [0.717, 1.165) is 23.1 Å². The van der Waals surface area contributed by atoms with E-state index in [0.29, 0.717) is 6.41 Å². The zero-order valence-corrected chi connectivity index (χ0v) is 16.7. The predicted molar refractivity (Wildman–Crippen MR) is 102 cm³/mol. The van der Waals surface area contributed by atoms with E-state index in [1.807, 2.05) is 0 Å². The molecule has 4 amide bonds. The first-order valence-electron chi connectivity index (χ1n) is 8.27. The highest BCUT2D eigenvalue weighted by molar-refractivity contribution is 8.00. The van der Waals surface area contributed by atoms with Crippen molar-refractivity contribution in [2.75, 3.05) is 24.2 Å². The van der Waals surface area contributed by atoms with Gasteiger partial charge in [-0.2, -0.15) is 0 Å². The average Bonchev–Trinajstić information content (AvgIpc) is 3.18. The van der Waals surface area contributed by atoms with Gasteiger partial charge in [-0.1, -0.05) is 0 Å². The number of nitrogens with one attached hydrogen (secondary N) is 2. The fraction of sp³-hybridized carbons (Fsp3) is 0.400. The molecular weight excluding hydrogens is 442 g/mol. The number of rotatable bonds is 8. The number of hydrogen-bond acceptors (Lipinski definition) is 10. The molecule has 2 unspecified atom stereocenters. The number of nitrogens with two attached hydrogens (primary N) is 1. The first-order chi connectivity index (χ1) is 14.2. The minimum absolute atomic E-state index is 0.00279. The first kappa shape index (κ1) is 21.5. The largest absolute Gasteiger partial charge is 0.481 e. The van der Waals surface area contributed by atoms with Crippen LogP contribution in [0.4, 0.5) is 9.93 Å². The number of fused-ring (bicyclic) bond motifs is 1. The van der Waals surface area contributed by atoms with Gasteiger partial charge < -0.3 is 31.1 Å². The standard InChI is InChI=1S/C15H15N5O8S2/c16-13(27)28-3-15(12(25)26)2-20-10(24)7(11(20)30-4-15)19-9(23)8(22)6-1-29-14(18-6)17-5-21/h1,5,7,11H,2-4H2,(H2,16,27)(H,19,23)(H,25,26)(H,17,18,21)/t7?,11-,15?/m1/s1. The Hall–Kier alpha value is -3.20. The van der Waals surface area contributed by atoms with Crippen molar-refractivity contribution in [1.82, 2.24) is 15.2 Å². The van der Waals surface area contributed by atoms with Crippen molar-refractivity contribution in [2.24, 2.45) is 11.1 Å². The minimum Gasteiger partial charge on any atom is -0.481 e. The van der Waals surface area contributed by atoms with E-state index < -0.39 is 53.1 Å². The fourth-order valence-electron chi connectivity index (χ4n) is 2.93. The van der Waals surface area contributed by atoms with Crippen LogP contribution in [-0.4, -0.2) is 81.4 Å². The van der Waals surface area contributed by atoms with Gasteiger partial charge in [0.25, 0.3) is 11.7 Å². The Morgan fingerprint density at radius 2 is 2.17 bits per heavy atom. The summed E-state index contributed by atoms with van der Waals surface area (Å²) in [5, 5.41) is 15.0. The Morgan fingerprint density at radius 1 is 1.43 bits per heavy atom. The van der Waals surface area contributed by atoms with Crippen LogP contribution in [0.3, 0.4) is 0 Å². The number of carbonyl (C=O) groups excluding carboxylic acids is 5. The number of carboxylic acids is 1. The number of aromatic nitrogens is 1. The van der Waals surface area contributed by atoms with E-state index in [-0.39, 0.29) is 23.1 Å². The van der Waals surface area contributed by atoms with Crippen LogP contribution in [0.2, 0.25) is 0 Å². The number of hydrogen-bond donors (Lipinski definition) is 4. The zero-order valence-electron chi connectivity index (χ0n) is 15.0. The number of primary amides is 1. The van der Waals surface area contributed by atoms with Crippen molar-refractivity contribution in [1.29, 1.82) is 0 Å². The number of amides is 4. The van der Waals surface area contributed by atoms with Crippen molar-refractivity contribution in [3.05, 3.63) is 11.1 Å². The second kappa shape index (κ2) is 8.27. The molecule has 2 aliphatic heterocycles. The molecule has 3 rings (SSSR count). The molecule has 30 heavy (non-hydrogen) atoms. The van der Waals surface area contributed by atoms with Crippen molar-refractivity contribution >= 4 is 64.3 Å². The van der Waals surface area contributed by atoms with Gasteiger partial charge in [-0.25, -0.2) is 9.78 Å². The van der Waals surface area contributed by atoms with Gasteiger partial charge in [0.05, 0.1) is 0 Å². The van der Waals surface area contributed by atoms with E-state index >= 15 is 0 Å². The molecule has 13 nitrogen and oxygen atoms in total. The third-order valence-corrected chi connectivity index (χ3v) is 6.86. The first-order valence-corrected chi connectivity index (χ1v) is 10.2. The summed E-state index contributed by atoms with van der Waals surface area (Å²) in [6, 6.07) is -1.01. The van der Waals surface area contributed by atoms with Gasteiger partial charge in [-0.15, -0.1) is 23.1 Å². The van der Waals surface area contributed by atoms with Crippen LogP contribution >= 0.6 is 23.1 Å². The smallest absolute Gasteiger partial charge is 0.404 e. The fourth-order valence-corrected chi connectivity index (χ4v) is 5.11. The Kier molecular flexibility index (Phi) is 5.93. The quantitative estimate of drug-likeness (QED) is 0.153. The molecule has 15 heteroatoms. The van der Waals surface area contributed by atoms with Crippen LogP contribution in [-0.2, 0) is 23.9 Å². The molecule has 1 aromatic heterocycles. The monoisotopic (exact) mass is 457 g/mol. The lowest BCUT2D eigenvalue weighted by atomic mass is 9.88. The normalized spacial score (nSPS) is 24.8. The molecule has 2 saturated heterocycles. The van der Waals surface area contributed by atoms with Crippen molar-refractivity contribution < 1.29 is 38.6 Å². The number of ketones is 1. The number of aliphatic carboxylic acids is 1. The highest BCUT2D eigenvalue weighted by Crippen LogP contribution is 2.42. The van der Waals surface area contributed by atoms with Crippen molar-refractivity contribution in [3.8, 4) is 0 Å². The molecule has 1 aromatic rings. The number of ether oxygens (including phenoxy) is 1. The number of thiazole rings is 1. The van der Waals surface area contributed by atoms with Crippen LogP contribution < -0.4 is 16.4 Å². The molecule has 160 valence electrons. The molecule has 0 bridgehead atoms. The molecule has 0 aromatic carbocycles.